The average molecular weight is 166 g/mol. The fourth-order valence-corrected chi connectivity index (χ4v) is 0.979. The molecule has 0 amide bonds. The first-order valence-electron chi connectivity index (χ1n) is 2.31. The maximum Gasteiger partial charge on any atom is 0.353 e. The maximum absolute atomic E-state index is 10.4. The Morgan fingerprint density at radius 3 is 1.70 bits per heavy atom. The van der Waals surface area contributed by atoms with Crippen molar-refractivity contribution in [3.05, 3.63) is 0 Å². The van der Waals surface area contributed by atoms with Crippen molar-refractivity contribution in [2.24, 2.45) is 0 Å². The van der Waals surface area contributed by atoms with Crippen molar-refractivity contribution in [2.75, 3.05) is 11.5 Å². The van der Waals surface area contributed by atoms with E-state index in [4.69, 9.17) is 10.2 Å². The molecule has 0 saturated heterocycles. The second-order valence-electron chi connectivity index (χ2n) is 1.52. The molecule has 0 aliphatic carbocycles. The van der Waals surface area contributed by atoms with Gasteiger partial charge in [0.25, 0.3) is 0 Å². The van der Waals surface area contributed by atoms with Crippen LogP contribution in [-0.4, -0.2) is 38.2 Å². The summed E-state index contributed by atoms with van der Waals surface area (Å²) in [5.74, 6) is -3.71. The Morgan fingerprint density at radius 1 is 1.20 bits per heavy atom. The summed E-state index contributed by atoms with van der Waals surface area (Å²) < 4.78 is 10.4. The van der Waals surface area contributed by atoms with E-state index in [1.807, 2.05) is 0 Å². The van der Waals surface area contributed by atoms with Gasteiger partial charge in [0, 0.05) is 0 Å². The highest BCUT2D eigenvalue weighted by molar-refractivity contribution is 7.92. The van der Waals surface area contributed by atoms with Crippen LogP contribution in [0.2, 0.25) is 0 Å². The summed E-state index contributed by atoms with van der Waals surface area (Å²) in [7, 11) is 0. The van der Waals surface area contributed by atoms with Crippen molar-refractivity contribution in [1.29, 1.82) is 0 Å². The Labute approximate surface area is 59.8 Å². The van der Waals surface area contributed by atoms with Crippen LogP contribution in [0.4, 0.5) is 0 Å². The van der Waals surface area contributed by atoms with E-state index in [9.17, 15) is 14.1 Å². The number of carboxylic acids is 2. The lowest BCUT2D eigenvalue weighted by molar-refractivity contribution is -0.134. The molecule has 2 N–H and O–H groups in total. The van der Waals surface area contributed by atoms with E-state index in [0.717, 1.165) is 0 Å². The molecule has 0 fully saturated rings. The monoisotopic (exact) mass is 166 g/mol. The van der Waals surface area contributed by atoms with Crippen molar-refractivity contribution in [3.8, 4) is 0 Å². The number of rotatable bonds is 4. The van der Waals surface area contributed by atoms with Crippen LogP contribution in [0.3, 0.4) is 0 Å². The molecular formula is C4H6O5S. The predicted octanol–water partition coefficient (Wildman–Crippen LogP) is -1.10. The summed E-state index contributed by atoms with van der Waals surface area (Å²) in [4.78, 5) is 19.6. The Balaban J connectivity index is 3.53. The highest BCUT2D eigenvalue weighted by atomic mass is 32.2. The Hall–Kier alpha value is -0.750. The van der Waals surface area contributed by atoms with Gasteiger partial charge in [-0.3, -0.25) is 0 Å². The molecule has 0 bridgehead atoms. The van der Waals surface area contributed by atoms with E-state index in [0.29, 0.717) is 0 Å². The molecule has 0 atom stereocenters. The topological polar surface area (TPSA) is 97.7 Å². The Bertz CT molecular complexity index is 129. The van der Waals surface area contributed by atoms with Crippen molar-refractivity contribution in [2.45, 2.75) is 0 Å². The smallest absolute Gasteiger partial charge is 0.353 e. The lowest BCUT2D eigenvalue weighted by atomic mass is 10.8. The fourth-order valence-electron chi connectivity index (χ4n) is 0.326. The standard InChI is InChI=1S/C4H6O5S/c5-3(6)1-10(9)2-4(7)8/h1-2H2,(H,5,6)(H,7,8). The van der Waals surface area contributed by atoms with Gasteiger partial charge in [0.2, 0.25) is 11.5 Å². The first-order chi connectivity index (χ1) is 4.52. The molecule has 0 aromatic rings. The normalized spacial score (nSPS) is 9.80. The molecular weight excluding hydrogens is 160 g/mol. The molecule has 0 aliphatic rings. The van der Waals surface area contributed by atoms with Gasteiger partial charge >= 0.3 is 11.9 Å². The molecule has 58 valence electrons. The largest absolute Gasteiger partial charge is 0.615 e. The number of carbonyl (C=O) groups is 2. The highest BCUT2D eigenvalue weighted by Crippen LogP contribution is 1.89. The summed E-state index contributed by atoms with van der Waals surface area (Å²) in [6.45, 7) is 0. The van der Waals surface area contributed by atoms with Gasteiger partial charge in [-0.2, -0.15) is 0 Å². The third kappa shape index (κ3) is 5.39. The second-order valence-corrected chi connectivity index (χ2v) is 2.97. The molecule has 0 rings (SSSR count). The van der Waals surface area contributed by atoms with Gasteiger partial charge in [0.15, 0.2) is 0 Å². The summed E-state index contributed by atoms with van der Waals surface area (Å²) in [6.07, 6.45) is 0. The lowest BCUT2D eigenvalue weighted by Gasteiger charge is -2.03. The summed E-state index contributed by atoms with van der Waals surface area (Å²) in [6, 6.07) is 0. The van der Waals surface area contributed by atoms with Crippen LogP contribution in [0.25, 0.3) is 0 Å². The highest BCUT2D eigenvalue weighted by Gasteiger charge is 2.15. The van der Waals surface area contributed by atoms with E-state index in [1.165, 1.54) is 0 Å². The molecule has 0 aliphatic heterocycles. The summed E-state index contributed by atoms with van der Waals surface area (Å²) in [5, 5.41) is 16.0. The third-order valence-electron chi connectivity index (χ3n) is 0.569. The number of hydrogen-bond donors (Lipinski definition) is 2. The van der Waals surface area contributed by atoms with Gasteiger partial charge in [-0.1, -0.05) is 0 Å². The van der Waals surface area contributed by atoms with E-state index in [1.54, 1.807) is 0 Å². The van der Waals surface area contributed by atoms with Crippen LogP contribution in [-0.2, 0) is 20.8 Å². The third-order valence-corrected chi connectivity index (χ3v) is 1.71. The summed E-state index contributed by atoms with van der Waals surface area (Å²) in [5.41, 5.74) is 0. The van der Waals surface area contributed by atoms with Gasteiger partial charge in [-0.25, -0.2) is 9.59 Å². The van der Waals surface area contributed by atoms with Crippen LogP contribution >= 0.6 is 0 Å². The van der Waals surface area contributed by atoms with Gasteiger partial charge in [0.1, 0.15) is 0 Å². The van der Waals surface area contributed by atoms with E-state index >= 15 is 0 Å². The molecule has 0 saturated carbocycles. The van der Waals surface area contributed by atoms with Crippen LogP contribution in [0, 0.1) is 0 Å². The lowest BCUT2D eigenvalue weighted by Crippen LogP contribution is -2.22. The molecule has 0 aromatic carbocycles. The van der Waals surface area contributed by atoms with Crippen LogP contribution in [0.1, 0.15) is 0 Å². The average Bonchev–Trinajstić information content (AvgIpc) is 1.58. The minimum Gasteiger partial charge on any atom is -0.615 e. The van der Waals surface area contributed by atoms with Gasteiger partial charge < -0.3 is 14.8 Å². The van der Waals surface area contributed by atoms with Crippen molar-refractivity contribution < 1.29 is 24.4 Å². The molecule has 6 heteroatoms. The predicted molar refractivity (Wildman–Crippen MR) is 33.1 cm³/mol. The van der Waals surface area contributed by atoms with Crippen LogP contribution in [0.5, 0.6) is 0 Å². The zero-order chi connectivity index (χ0) is 8.15. The number of hydrogen-bond acceptors (Lipinski definition) is 3. The molecule has 5 nitrogen and oxygen atoms in total. The first kappa shape index (κ1) is 9.25. The number of aliphatic carboxylic acids is 2. The molecule has 0 heterocycles. The van der Waals surface area contributed by atoms with Gasteiger partial charge in [0.05, 0.1) is 0 Å². The quantitative estimate of drug-likeness (QED) is 0.517. The zero-order valence-corrected chi connectivity index (χ0v) is 5.76. The maximum atomic E-state index is 10.4. The minimum atomic E-state index is -1.78. The second kappa shape index (κ2) is 4.13. The summed E-state index contributed by atoms with van der Waals surface area (Å²) >= 11 is -1.78. The molecule has 0 radical (unpaired) electrons. The van der Waals surface area contributed by atoms with Crippen LogP contribution < -0.4 is 0 Å². The molecule has 10 heavy (non-hydrogen) atoms. The first-order valence-corrected chi connectivity index (χ1v) is 3.79. The van der Waals surface area contributed by atoms with Gasteiger partial charge in [-0.05, 0) is 11.2 Å². The van der Waals surface area contributed by atoms with Gasteiger partial charge in [-0.15, -0.1) is 0 Å². The van der Waals surface area contributed by atoms with Crippen LogP contribution in [0.15, 0.2) is 0 Å². The Morgan fingerprint density at radius 2 is 1.50 bits per heavy atom. The number of carboxylic acid groups (broad SMARTS) is 2. The van der Waals surface area contributed by atoms with E-state index < -0.39 is 34.6 Å². The fraction of sp³-hybridized carbons (Fsp3) is 0.500. The molecule has 0 spiro atoms. The zero-order valence-electron chi connectivity index (χ0n) is 4.94. The van der Waals surface area contributed by atoms with E-state index in [-0.39, 0.29) is 0 Å². The van der Waals surface area contributed by atoms with Crippen molar-refractivity contribution in [1.82, 2.24) is 0 Å². The minimum absolute atomic E-state index is 0.605. The van der Waals surface area contributed by atoms with E-state index in [2.05, 4.69) is 0 Å². The van der Waals surface area contributed by atoms with Crippen molar-refractivity contribution in [3.63, 3.8) is 0 Å². The van der Waals surface area contributed by atoms with Crippen molar-refractivity contribution >= 4 is 23.1 Å². The Kier molecular flexibility index (Phi) is 3.82. The molecule has 0 aromatic heterocycles. The molecule has 0 unspecified atom stereocenters. The SMILES string of the molecule is O=C(O)C[S+]([O-])CC(=O)O.